The van der Waals surface area contributed by atoms with Crippen molar-refractivity contribution in [1.29, 1.82) is 0 Å². The summed E-state index contributed by atoms with van der Waals surface area (Å²) in [5, 5.41) is 14.1. The van der Waals surface area contributed by atoms with Crippen LogP contribution in [-0.4, -0.2) is 53.4 Å². The number of benzene rings is 1. The lowest BCUT2D eigenvalue weighted by molar-refractivity contribution is 0.0958. The molecule has 2 aliphatic rings. The highest BCUT2D eigenvalue weighted by molar-refractivity contribution is 6.14. The number of aromatic hydroxyl groups is 1. The van der Waals surface area contributed by atoms with Crippen molar-refractivity contribution in [2.75, 3.05) is 37.4 Å². The largest absolute Gasteiger partial charge is 0.508 e. The van der Waals surface area contributed by atoms with Gasteiger partial charge in [0.2, 0.25) is 0 Å². The predicted octanol–water partition coefficient (Wildman–Crippen LogP) is 2.44. The molecule has 3 aromatic rings. The Morgan fingerprint density at radius 1 is 1.32 bits per heavy atom. The van der Waals surface area contributed by atoms with Gasteiger partial charge in [0.05, 0.1) is 29.2 Å². The third-order valence-electron chi connectivity index (χ3n) is 6.64. The van der Waals surface area contributed by atoms with E-state index in [1.165, 1.54) is 0 Å². The second kappa shape index (κ2) is 7.16. The van der Waals surface area contributed by atoms with Gasteiger partial charge in [0.15, 0.2) is 0 Å². The highest BCUT2D eigenvalue weighted by Gasteiger charge is 2.32. The van der Waals surface area contributed by atoms with Gasteiger partial charge in [-0.2, -0.15) is 0 Å². The zero-order chi connectivity index (χ0) is 21.9. The molecule has 0 spiro atoms. The lowest BCUT2D eigenvalue weighted by Gasteiger charge is -2.22. The van der Waals surface area contributed by atoms with Gasteiger partial charge in [0.1, 0.15) is 17.2 Å². The SMILES string of the molecule is COC1CCN(c2cnc3c4c2CCNC(=O)c4c(N)n3-c2c(C)ccc(O)c2C)C1. The van der Waals surface area contributed by atoms with E-state index in [0.717, 1.165) is 47.4 Å². The van der Waals surface area contributed by atoms with Crippen LogP contribution in [0.4, 0.5) is 11.5 Å². The first kappa shape index (κ1) is 19.7. The summed E-state index contributed by atoms with van der Waals surface area (Å²) in [6, 6.07) is 3.52. The third-order valence-corrected chi connectivity index (χ3v) is 6.64. The number of carbonyl (C=O) groups is 1. The lowest BCUT2D eigenvalue weighted by Crippen LogP contribution is -2.25. The van der Waals surface area contributed by atoms with Crippen LogP contribution < -0.4 is 16.0 Å². The second-order valence-electron chi connectivity index (χ2n) is 8.39. The normalized spacial score (nSPS) is 18.5. The van der Waals surface area contributed by atoms with Crippen LogP contribution in [0.25, 0.3) is 16.7 Å². The van der Waals surface area contributed by atoms with Crippen molar-refractivity contribution >= 4 is 28.4 Å². The number of methoxy groups -OCH3 is 1. The summed E-state index contributed by atoms with van der Waals surface area (Å²) in [4.78, 5) is 20.1. The summed E-state index contributed by atoms with van der Waals surface area (Å²) in [5.41, 5.74) is 12.2. The zero-order valence-electron chi connectivity index (χ0n) is 18.0. The molecule has 0 bridgehead atoms. The number of carbonyl (C=O) groups excluding carboxylic acids is 1. The Morgan fingerprint density at radius 2 is 2.13 bits per heavy atom. The summed E-state index contributed by atoms with van der Waals surface area (Å²) in [6.45, 7) is 6.04. The molecule has 1 fully saturated rings. The zero-order valence-corrected chi connectivity index (χ0v) is 18.0. The second-order valence-corrected chi connectivity index (χ2v) is 8.39. The predicted molar refractivity (Wildman–Crippen MR) is 120 cm³/mol. The van der Waals surface area contributed by atoms with Gasteiger partial charge in [0, 0.05) is 37.7 Å². The molecule has 0 radical (unpaired) electrons. The monoisotopic (exact) mass is 421 g/mol. The fraction of sp³-hybridized carbons (Fsp3) is 0.391. The third kappa shape index (κ3) is 2.85. The minimum Gasteiger partial charge on any atom is -0.508 e. The fourth-order valence-electron chi connectivity index (χ4n) is 4.99. The van der Waals surface area contributed by atoms with Crippen LogP contribution in [-0.2, 0) is 11.2 Å². The van der Waals surface area contributed by atoms with E-state index in [4.69, 9.17) is 15.5 Å². The molecule has 4 N–H and O–H groups in total. The maximum Gasteiger partial charge on any atom is 0.255 e. The number of pyridine rings is 1. The molecular formula is C23H27N5O3. The number of nitrogens with zero attached hydrogens (tertiary/aromatic N) is 3. The van der Waals surface area contributed by atoms with Gasteiger partial charge in [-0.05, 0) is 43.9 Å². The Morgan fingerprint density at radius 3 is 2.87 bits per heavy atom. The molecule has 0 saturated carbocycles. The molecule has 1 unspecified atom stereocenters. The number of nitrogens with two attached hydrogens (primary N) is 1. The van der Waals surface area contributed by atoms with E-state index in [-0.39, 0.29) is 17.8 Å². The summed E-state index contributed by atoms with van der Waals surface area (Å²) in [5.74, 6) is 0.332. The molecule has 8 nitrogen and oxygen atoms in total. The van der Waals surface area contributed by atoms with Gasteiger partial charge >= 0.3 is 0 Å². The van der Waals surface area contributed by atoms with Gasteiger partial charge in [0.25, 0.3) is 5.91 Å². The first-order chi connectivity index (χ1) is 14.9. The van der Waals surface area contributed by atoms with Crippen LogP contribution in [0.3, 0.4) is 0 Å². The van der Waals surface area contributed by atoms with Crippen LogP contribution in [0.1, 0.15) is 33.5 Å². The molecule has 4 heterocycles. The van der Waals surface area contributed by atoms with Crippen molar-refractivity contribution < 1.29 is 14.6 Å². The van der Waals surface area contributed by atoms with Gasteiger partial charge in [-0.25, -0.2) is 4.98 Å². The number of phenols is 1. The first-order valence-corrected chi connectivity index (χ1v) is 10.6. The number of amides is 1. The minimum absolute atomic E-state index is 0.180. The van der Waals surface area contributed by atoms with Crippen molar-refractivity contribution in [3.05, 3.63) is 40.6 Å². The molecule has 5 rings (SSSR count). The number of ether oxygens (including phenoxy) is 1. The average Bonchev–Trinajstić information content (AvgIpc) is 3.29. The van der Waals surface area contributed by atoms with Gasteiger partial charge < -0.3 is 25.8 Å². The van der Waals surface area contributed by atoms with E-state index < -0.39 is 0 Å². The van der Waals surface area contributed by atoms with Crippen molar-refractivity contribution in [3.63, 3.8) is 0 Å². The summed E-state index contributed by atoms with van der Waals surface area (Å²) < 4.78 is 7.36. The van der Waals surface area contributed by atoms with Crippen LogP contribution in [0.2, 0.25) is 0 Å². The molecule has 162 valence electrons. The number of nitrogen functional groups attached to an aromatic ring is 1. The molecule has 31 heavy (non-hydrogen) atoms. The highest BCUT2D eigenvalue weighted by atomic mass is 16.5. The molecule has 1 amide bonds. The molecule has 0 aliphatic carbocycles. The molecule has 1 atom stereocenters. The highest BCUT2D eigenvalue weighted by Crippen LogP contribution is 2.40. The summed E-state index contributed by atoms with van der Waals surface area (Å²) in [6.07, 6.45) is 3.74. The number of aromatic nitrogens is 2. The van der Waals surface area contributed by atoms with Gasteiger partial charge in [-0.15, -0.1) is 0 Å². The molecule has 2 aliphatic heterocycles. The molecule has 1 aromatic carbocycles. The van der Waals surface area contributed by atoms with E-state index >= 15 is 0 Å². The number of aryl methyl sites for hydroxylation is 1. The van der Waals surface area contributed by atoms with Crippen LogP contribution in [0, 0.1) is 13.8 Å². The van der Waals surface area contributed by atoms with Crippen LogP contribution in [0.15, 0.2) is 18.3 Å². The lowest BCUT2D eigenvalue weighted by atomic mass is 10.0. The van der Waals surface area contributed by atoms with Crippen molar-refractivity contribution in [3.8, 4) is 11.4 Å². The summed E-state index contributed by atoms with van der Waals surface area (Å²) in [7, 11) is 1.74. The number of hydrogen-bond acceptors (Lipinski definition) is 6. The molecular weight excluding hydrogens is 394 g/mol. The molecule has 2 aromatic heterocycles. The number of phenolic OH excluding ortho intramolecular Hbond substituents is 1. The number of nitrogens with one attached hydrogen (secondary N) is 1. The average molecular weight is 422 g/mol. The molecule has 8 heteroatoms. The van der Waals surface area contributed by atoms with E-state index in [2.05, 4.69) is 10.2 Å². The Balaban J connectivity index is 1.81. The Labute approximate surface area is 180 Å². The molecule has 1 saturated heterocycles. The smallest absolute Gasteiger partial charge is 0.255 e. The Bertz CT molecular complexity index is 1220. The van der Waals surface area contributed by atoms with Crippen LogP contribution >= 0.6 is 0 Å². The maximum absolute atomic E-state index is 13.0. The van der Waals surface area contributed by atoms with E-state index in [0.29, 0.717) is 35.6 Å². The summed E-state index contributed by atoms with van der Waals surface area (Å²) >= 11 is 0. The first-order valence-electron chi connectivity index (χ1n) is 10.6. The van der Waals surface area contributed by atoms with E-state index in [1.807, 2.05) is 30.7 Å². The Hall–Kier alpha value is -3.26. The fourth-order valence-corrected chi connectivity index (χ4v) is 4.99. The van der Waals surface area contributed by atoms with Crippen molar-refractivity contribution in [2.24, 2.45) is 0 Å². The Kier molecular flexibility index (Phi) is 4.55. The maximum atomic E-state index is 13.0. The van der Waals surface area contributed by atoms with E-state index in [9.17, 15) is 9.90 Å². The van der Waals surface area contributed by atoms with Gasteiger partial charge in [-0.1, -0.05) is 6.07 Å². The standard InChI is InChI=1S/C23H27N5O3/c1-12-4-5-17(29)13(2)20(12)28-21(24)19-18-15(6-8-25-23(19)30)16(10-26-22(18)28)27-9-7-14(11-27)31-3/h4-5,10,14,29H,6-9,11,24H2,1-3H3,(H,25,30). The number of hydrogen-bond donors (Lipinski definition) is 3. The number of rotatable bonds is 3. The van der Waals surface area contributed by atoms with Crippen molar-refractivity contribution in [2.45, 2.75) is 32.8 Å². The number of anilines is 2. The minimum atomic E-state index is -0.189. The van der Waals surface area contributed by atoms with E-state index in [1.54, 1.807) is 13.2 Å². The van der Waals surface area contributed by atoms with Gasteiger partial charge in [-0.3, -0.25) is 9.36 Å². The topological polar surface area (TPSA) is 106 Å². The quantitative estimate of drug-likeness (QED) is 0.600. The van der Waals surface area contributed by atoms with Crippen LogP contribution in [0.5, 0.6) is 5.75 Å². The van der Waals surface area contributed by atoms with Crippen molar-refractivity contribution in [1.82, 2.24) is 14.9 Å².